The fourth-order valence-electron chi connectivity index (χ4n) is 4.31. The molecule has 0 bridgehead atoms. The third kappa shape index (κ3) is 5.79. The average Bonchev–Trinajstić information content (AvgIpc) is 2.69. The molecule has 0 radical (unpaired) electrons. The van der Waals surface area contributed by atoms with Crippen LogP contribution in [-0.4, -0.2) is 37.8 Å². The van der Waals surface area contributed by atoms with E-state index < -0.39 is 14.4 Å². The van der Waals surface area contributed by atoms with Crippen molar-refractivity contribution in [2.75, 3.05) is 13.2 Å². The molecule has 0 heterocycles. The predicted molar refractivity (Wildman–Crippen MR) is 124 cm³/mol. The van der Waals surface area contributed by atoms with E-state index in [4.69, 9.17) is 9.53 Å². The molecule has 0 aliphatic heterocycles. The van der Waals surface area contributed by atoms with Gasteiger partial charge in [0.05, 0.1) is 6.10 Å². The molecule has 4 heteroatoms. The van der Waals surface area contributed by atoms with E-state index in [9.17, 15) is 5.11 Å². The number of aliphatic hydroxyl groups excluding tert-OH is 2. The number of benzene rings is 2. The van der Waals surface area contributed by atoms with Gasteiger partial charge in [0.25, 0.3) is 8.32 Å². The van der Waals surface area contributed by atoms with Crippen LogP contribution in [-0.2, 0) is 4.43 Å². The molecule has 2 aromatic rings. The van der Waals surface area contributed by atoms with Crippen LogP contribution in [0.3, 0.4) is 0 Å². The van der Waals surface area contributed by atoms with Crippen molar-refractivity contribution < 1.29 is 14.6 Å². The highest BCUT2D eigenvalue weighted by Crippen LogP contribution is 2.37. The Hall–Kier alpha value is -1.46. The topological polar surface area (TPSA) is 49.7 Å². The fourth-order valence-corrected chi connectivity index (χ4v) is 9.00. The summed E-state index contributed by atoms with van der Waals surface area (Å²) in [6, 6.07) is 21.4. The zero-order valence-electron chi connectivity index (χ0n) is 18.6. The van der Waals surface area contributed by atoms with Gasteiger partial charge in [0, 0.05) is 13.2 Å². The van der Waals surface area contributed by atoms with Gasteiger partial charge in [-0.2, -0.15) is 0 Å². The number of hydrogen-bond donors (Lipinski definition) is 2. The Balaban J connectivity index is 2.32. The second-order valence-corrected chi connectivity index (χ2v) is 13.7. The van der Waals surface area contributed by atoms with E-state index in [-0.39, 0.29) is 17.6 Å². The molecule has 0 spiro atoms. The molecule has 0 aliphatic carbocycles. The highest BCUT2D eigenvalue weighted by Gasteiger charge is 2.50. The van der Waals surface area contributed by atoms with Crippen LogP contribution in [0.4, 0.5) is 0 Å². The standard InChI is InChI=1S/C25H38O3Si/c1-20(18-21(2)24(27)16-17-26)19-28-29(25(3,4)5,22-12-8-6-9-13-22)23-14-10-7-11-15-23/h6-15,20-21,24,26-27H,16-19H2,1-5H3/t20-,21+,24+/m0/s1. The molecule has 29 heavy (non-hydrogen) atoms. The smallest absolute Gasteiger partial charge is 0.261 e. The van der Waals surface area contributed by atoms with Crippen LogP contribution >= 0.6 is 0 Å². The monoisotopic (exact) mass is 414 g/mol. The summed E-state index contributed by atoms with van der Waals surface area (Å²) < 4.78 is 6.98. The van der Waals surface area contributed by atoms with Gasteiger partial charge in [-0.3, -0.25) is 0 Å². The van der Waals surface area contributed by atoms with Gasteiger partial charge >= 0.3 is 0 Å². The summed E-state index contributed by atoms with van der Waals surface area (Å²) in [7, 11) is -2.51. The number of aliphatic hydroxyl groups is 2. The van der Waals surface area contributed by atoms with Gasteiger partial charge in [-0.1, -0.05) is 95.3 Å². The largest absolute Gasteiger partial charge is 0.407 e. The Labute approximate surface area is 177 Å². The van der Waals surface area contributed by atoms with Crippen molar-refractivity contribution >= 4 is 18.7 Å². The highest BCUT2D eigenvalue weighted by molar-refractivity contribution is 6.99. The first-order chi connectivity index (χ1) is 13.7. The van der Waals surface area contributed by atoms with Gasteiger partial charge in [0.15, 0.2) is 0 Å². The first kappa shape index (κ1) is 23.8. The first-order valence-corrected chi connectivity index (χ1v) is 12.7. The van der Waals surface area contributed by atoms with Crippen LogP contribution in [0.5, 0.6) is 0 Å². The Bertz CT molecular complexity index is 672. The molecule has 2 rings (SSSR count). The minimum atomic E-state index is -2.51. The maximum Gasteiger partial charge on any atom is 0.261 e. The molecule has 160 valence electrons. The summed E-state index contributed by atoms with van der Waals surface area (Å²) in [5.41, 5.74) is 0. The molecule has 0 saturated heterocycles. The van der Waals surface area contributed by atoms with Gasteiger partial charge in [-0.05, 0) is 40.1 Å². The molecule has 0 fully saturated rings. The van der Waals surface area contributed by atoms with Gasteiger partial charge < -0.3 is 14.6 Å². The number of hydrogen-bond acceptors (Lipinski definition) is 3. The lowest BCUT2D eigenvalue weighted by Crippen LogP contribution is -2.66. The molecule has 2 N–H and O–H groups in total. The van der Waals surface area contributed by atoms with Crippen LogP contribution in [0, 0.1) is 11.8 Å². The van der Waals surface area contributed by atoms with Crippen molar-refractivity contribution in [3.8, 4) is 0 Å². The molecule has 0 unspecified atom stereocenters. The lowest BCUT2D eigenvalue weighted by Gasteiger charge is -2.43. The van der Waals surface area contributed by atoms with E-state index in [0.29, 0.717) is 18.9 Å². The molecular formula is C25H38O3Si. The maximum atomic E-state index is 10.2. The van der Waals surface area contributed by atoms with Gasteiger partial charge in [-0.25, -0.2) is 0 Å². The summed E-state index contributed by atoms with van der Waals surface area (Å²) in [5.74, 6) is 0.458. The van der Waals surface area contributed by atoms with E-state index in [1.165, 1.54) is 10.4 Å². The first-order valence-electron chi connectivity index (χ1n) is 10.8. The summed E-state index contributed by atoms with van der Waals surface area (Å²) >= 11 is 0. The molecule has 0 aliphatic rings. The van der Waals surface area contributed by atoms with Gasteiger partial charge in [0.2, 0.25) is 0 Å². The Morgan fingerprint density at radius 3 is 1.79 bits per heavy atom. The second-order valence-electron chi connectivity index (χ2n) is 9.37. The fraction of sp³-hybridized carbons (Fsp3) is 0.520. The molecular weight excluding hydrogens is 376 g/mol. The van der Waals surface area contributed by atoms with Crippen molar-refractivity contribution in [2.24, 2.45) is 11.8 Å². The van der Waals surface area contributed by atoms with Crippen molar-refractivity contribution in [3.63, 3.8) is 0 Å². The zero-order chi connectivity index (χ0) is 21.5. The van der Waals surface area contributed by atoms with Crippen molar-refractivity contribution in [1.82, 2.24) is 0 Å². The summed E-state index contributed by atoms with van der Waals surface area (Å²) in [4.78, 5) is 0. The second kappa shape index (κ2) is 10.5. The third-order valence-corrected chi connectivity index (χ3v) is 10.9. The summed E-state index contributed by atoms with van der Waals surface area (Å²) in [5, 5.41) is 21.8. The summed E-state index contributed by atoms with van der Waals surface area (Å²) in [6.07, 6.45) is 0.846. The van der Waals surface area contributed by atoms with Crippen LogP contribution in [0.15, 0.2) is 60.7 Å². The SMILES string of the molecule is C[C@H](CO[Si](c1ccccc1)(c1ccccc1)C(C)(C)C)C[C@@H](C)[C@H](O)CCO. The van der Waals surface area contributed by atoms with Crippen molar-refractivity contribution in [3.05, 3.63) is 60.7 Å². The molecule has 3 atom stereocenters. The van der Waals surface area contributed by atoms with Crippen LogP contribution in [0.1, 0.15) is 47.5 Å². The van der Waals surface area contributed by atoms with E-state index >= 15 is 0 Å². The quantitative estimate of drug-likeness (QED) is 0.579. The summed E-state index contributed by atoms with van der Waals surface area (Å²) in [6.45, 7) is 11.8. The van der Waals surface area contributed by atoms with Gasteiger partial charge in [-0.15, -0.1) is 0 Å². The Morgan fingerprint density at radius 1 is 0.897 bits per heavy atom. The van der Waals surface area contributed by atoms with Crippen molar-refractivity contribution in [1.29, 1.82) is 0 Å². The Morgan fingerprint density at radius 2 is 1.38 bits per heavy atom. The van der Waals surface area contributed by atoms with Crippen molar-refractivity contribution in [2.45, 2.75) is 58.6 Å². The molecule has 0 amide bonds. The minimum Gasteiger partial charge on any atom is -0.407 e. The Kier molecular flexibility index (Phi) is 8.65. The third-order valence-electron chi connectivity index (χ3n) is 5.86. The molecule has 3 nitrogen and oxygen atoms in total. The predicted octanol–water partition coefficient (Wildman–Crippen LogP) is 3.97. The van der Waals surface area contributed by atoms with Crippen LogP contribution in [0.25, 0.3) is 0 Å². The van der Waals surface area contributed by atoms with E-state index in [1.54, 1.807) is 0 Å². The highest BCUT2D eigenvalue weighted by atomic mass is 28.4. The molecule has 2 aromatic carbocycles. The maximum absolute atomic E-state index is 10.2. The van der Waals surface area contributed by atoms with E-state index in [0.717, 1.165) is 6.42 Å². The molecule has 0 aromatic heterocycles. The van der Waals surface area contributed by atoms with Crippen LogP contribution < -0.4 is 10.4 Å². The lowest BCUT2D eigenvalue weighted by atomic mass is 9.92. The van der Waals surface area contributed by atoms with Crippen LogP contribution in [0.2, 0.25) is 5.04 Å². The lowest BCUT2D eigenvalue weighted by molar-refractivity contribution is 0.0705. The van der Waals surface area contributed by atoms with Gasteiger partial charge in [0.1, 0.15) is 0 Å². The minimum absolute atomic E-state index is 0.0262. The zero-order valence-corrected chi connectivity index (χ0v) is 19.6. The van der Waals surface area contributed by atoms with E-state index in [2.05, 4.69) is 95.3 Å². The molecule has 0 saturated carbocycles. The normalized spacial score (nSPS) is 15.7. The average molecular weight is 415 g/mol. The van der Waals surface area contributed by atoms with E-state index in [1.807, 2.05) is 0 Å². The number of rotatable bonds is 10.